The van der Waals surface area contributed by atoms with Gasteiger partial charge in [0.1, 0.15) is 0 Å². The lowest BCUT2D eigenvalue weighted by atomic mass is 9.99. The number of piperidine rings is 1. The standard InChI is InChI=1S/C14H18BrClN2/c15-11-5-4-10(9-12(11)16)17-13-6-8-18-7-2-1-3-14(13)18/h4-5,9,13-14,17H,1-3,6-8H2. The minimum absolute atomic E-state index is 0.586. The Bertz CT molecular complexity index is 438. The van der Waals surface area contributed by atoms with Crippen LogP contribution in [-0.4, -0.2) is 30.1 Å². The van der Waals surface area contributed by atoms with Crippen molar-refractivity contribution >= 4 is 33.2 Å². The highest BCUT2D eigenvalue weighted by Crippen LogP contribution is 2.31. The molecular formula is C14H18BrClN2. The highest BCUT2D eigenvalue weighted by atomic mass is 79.9. The monoisotopic (exact) mass is 328 g/mol. The number of fused-ring (bicyclic) bond motifs is 1. The highest BCUT2D eigenvalue weighted by Gasteiger charge is 2.35. The van der Waals surface area contributed by atoms with Crippen molar-refractivity contribution in [1.29, 1.82) is 0 Å². The van der Waals surface area contributed by atoms with Crippen LogP contribution in [0, 0.1) is 0 Å². The zero-order valence-electron chi connectivity index (χ0n) is 10.3. The number of benzene rings is 1. The molecule has 98 valence electrons. The molecule has 2 heterocycles. The van der Waals surface area contributed by atoms with Gasteiger partial charge in [0.15, 0.2) is 0 Å². The Morgan fingerprint density at radius 3 is 2.94 bits per heavy atom. The predicted octanol–water partition coefficient (Wildman–Crippen LogP) is 4.14. The van der Waals surface area contributed by atoms with Gasteiger partial charge in [0.25, 0.3) is 0 Å². The zero-order valence-corrected chi connectivity index (χ0v) is 12.7. The number of anilines is 1. The average molecular weight is 330 g/mol. The van der Waals surface area contributed by atoms with Gasteiger partial charge in [0, 0.05) is 28.8 Å². The number of nitrogens with one attached hydrogen (secondary N) is 1. The Morgan fingerprint density at radius 1 is 1.22 bits per heavy atom. The van der Waals surface area contributed by atoms with Crippen LogP contribution < -0.4 is 5.32 Å². The van der Waals surface area contributed by atoms with E-state index >= 15 is 0 Å². The second kappa shape index (κ2) is 5.40. The Morgan fingerprint density at radius 2 is 2.11 bits per heavy atom. The van der Waals surface area contributed by atoms with Gasteiger partial charge in [0.05, 0.1) is 5.02 Å². The molecule has 18 heavy (non-hydrogen) atoms. The third kappa shape index (κ3) is 2.54. The maximum Gasteiger partial charge on any atom is 0.0568 e. The van der Waals surface area contributed by atoms with Crippen LogP contribution in [0.2, 0.25) is 5.02 Å². The molecule has 3 rings (SSSR count). The third-order valence-electron chi connectivity index (χ3n) is 4.13. The molecule has 2 aliphatic rings. The van der Waals surface area contributed by atoms with Crippen molar-refractivity contribution in [3.63, 3.8) is 0 Å². The summed E-state index contributed by atoms with van der Waals surface area (Å²) in [6.45, 7) is 2.52. The number of rotatable bonds is 2. The molecule has 1 aromatic rings. The largest absolute Gasteiger partial charge is 0.381 e. The summed E-state index contributed by atoms with van der Waals surface area (Å²) in [5, 5.41) is 4.44. The Hall–Kier alpha value is -0.250. The molecule has 0 spiro atoms. The van der Waals surface area contributed by atoms with Gasteiger partial charge in [-0.1, -0.05) is 18.0 Å². The molecular weight excluding hydrogens is 312 g/mol. The first-order valence-electron chi connectivity index (χ1n) is 6.70. The van der Waals surface area contributed by atoms with Gasteiger partial charge < -0.3 is 5.32 Å². The molecule has 4 heteroatoms. The van der Waals surface area contributed by atoms with E-state index in [0.717, 1.165) is 21.2 Å². The summed E-state index contributed by atoms with van der Waals surface area (Å²) in [5.74, 6) is 0. The number of hydrogen-bond donors (Lipinski definition) is 1. The van der Waals surface area contributed by atoms with Crippen molar-refractivity contribution in [3.05, 3.63) is 27.7 Å². The molecule has 0 bridgehead atoms. The van der Waals surface area contributed by atoms with E-state index in [1.807, 2.05) is 12.1 Å². The first-order valence-corrected chi connectivity index (χ1v) is 7.87. The van der Waals surface area contributed by atoms with Gasteiger partial charge in [-0.15, -0.1) is 0 Å². The van der Waals surface area contributed by atoms with Gasteiger partial charge in [0.2, 0.25) is 0 Å². The minimum Gasteiger partial charge on any atom is -0.381 e. The van der Waals surface area contributed by atoms with E-state index in [4.69, 9.17) is 11.6 Å². The summed E-state index contributed by atoms with van der Waals surface area (Å²) in [6, 6.07) is 7.43. The van der Waals surface area contributed by atoms with Gasteiger partial charge in [-0.25, -0.2) is 0 Å². The molecule has 2 fully saturated rings. The zero-order chi connectivity index (χ0) is 12.5. The fraction of sp³-hybridized carbons (Fsp3) is 0.571. The molecule has 2 unspecified atom stereocenters. The smallest absolute Gasteiger partial charge is 0.0568 e. The van der Waals surface area contributed by atoms with Crippen LogP contribution in [-0.2, 0) is 0 Å². The Kier molecular flexibility index (Phi) is 3.83. The van der Waals surface area contributed by atoms with Crippen LogP contribution in [0.3, 0.4) is 0 Å². The summed E-state index contributed by atoms with van der Waals surface area (Å²) in [7, 11) is 0. The molecule has 2 nitrogen and oxygen atoms in total. The van der Waals surface area contributed by atoms with Crippen molar-refractivity contribution in [2.75, 3.05) is 18.4 Å². The number of halogens is 2. The van der Waals surface area contributed by atoms with Crippen molar-refractivity contribution in [2.45, 2.75) is 37.8 Å². The fourth-order valence-electron chi connectivity index (χ4n) is 3.22. The first-order chi connectivity index (χ1) is 8.74. The molecule has 1 N–H and O–H groups in total. The van der Waals surface area contributed by atoms with Crippen molar-refractivity contribution in [3.8, 4) is 0 Å². The Labute approximate surface area is 122 Å². The molecule has 0 amide bonds. The van der Waals surface area contributed by atoms with Gasteiger partial charge in [-0.3, -0.25) is 4.90 Å². The summed E-state index contributed by atoms with van der Waals surface area (Å²) >= 11 is 9.57. The van der Waals surface area contributed by atoms with Gasteiger partial charge >= 0.3 is 0 Å². The normalized spacial score (nSPS) is 28.1. The van der Waals surface area contributed by atoms with Crippen LogP contribution in [0.4, 0.5) is 5.69 Å². The summed E-state index contributed by atoms with van der Waals surface area (Å²) in [4.78, 5) is 2.64. The maximum atomic E-state index is 6.14. The predicted molar refractivity (Wildman–Crippen MR) is 80.4 cm³/mol. The molecule has 1 aromatic carbocycles. The molecule has 2 saturated heterocycles. The van der Waals surface area contributed by atoms with Crippen molar-refractivity contribution < 1.29 is 0 Å². The lowest BCUT2D eigenvalue weighted by Crippen LogP contribution is -2.41. The van der Waals surface area contributed by atoms with Crippen LogP contribution >= 0.6 is 27.5 Å². The van der Waals surface area contributed by atoms with Crippen molar-refractivity contribution in [1.82, 2.24) is 4.90 Å². The Balaban J connectivity index is 1.70. The van der Waals surface area contributed by atoms with E-state index in [-0.39, 0.29) is 0 Å². The first kappa shape index (κ1) is 12.8. The number of nitrogens with zero attached hydrogens (tertiary/aromatic N) is 1. The SMILES string of the molecule is Clc1cc(NC2CCN3CCCCC23)ccc1Br. The maximum absolute atomic E-state index is 6.14. The quantitative estimate of drug-likeness (QED) is 0.877. The lowest BCUT2D eigenvalue weighted by molar-refractivity contribution is 0.193. The molecule has 0 saturated carbocycles. The van der Waals surface area contributed by atoms with Crippen LogP contribution in [0.5, 0.6) is 0 Å². The summed E-state index contributed by atoms with van der Waals surface area (Å²) in [5.41, 5.74) is 1.14. The molecule has 2 atom stereocenters. The average Bonchev–Trinajstić information content (AvgIpc) is 2.78. The lowest BCUT2D eigenvalue weighted by Gasteiger charge is -2.33. The summed E-state index contributed by atoms with van der Waals surface area (Å²) in [6.07, 6.45) is 5.33. The fourth-order valence-corrected chi connectivity index (χ4v) is 3.64. The van der Waals surface area contributed by atoms with Crippen molar-refractivity contribution in [2.24, 2.45) is 0 Å². The minimum atomic E-state index is 0.586. The van der Waals surface area contributed by atoms with Gasteiger partial charge in [-0.05, 0) is 59.9 Å². The molecule has 0 aliphatic carbocycles. The molecule has 0 aromatic heterocycles. The molecule has 2 aliphatic heterocycles. The van der Waals surface area contributed by atoms with E-state index in [9.17, 15) is 0 Å². The van der Waals surface area contributed by atoms with Crippen LogP contribution in [0.15, 0.2) is 22.7 Å². The third-order valence-corrected chi connectivity index (χ3v) is 5.36. The second-order valence-electron chi connectivity index (χ2n) is 5.27. The van der Waals surface area contributed by atoms with Gasteiger partial charge in [-0.2, -0.15) is 0 Å². The van der Waals surface area contributed by atoms with E-state index in [0.29, 0.717) is 6.04 Å². The summed E-state index contributed by atoms with van der Waals surface area (Å²) < 4.78 is 0.959. The van der Waals surface area contributed by atoms with Crippen LogP contribution in [0.1, 0.15) is 25.7 Å². The molecule has 0 radical (unpaired) electrons. The topological polar surface area (TPSA) is 15.3 Å². The highest BCUT2D eigenvalue weighted by molar-refractivity contribution is 9.10. The second-order valence-corrected chi connectivity index (χ2v) is 6.53. The van der Waals surface area contributed by atoms with Crippen LogP contribution in [0.25, 0.3) is 0 Å². The van der Waals surface area contributed by atoms with E-state index in [1.54, 1.807) is 0 Å². The number of hydrogen-bond acceptors (Lipinski definition) is 2. The van der Waals surface area contributed by atoms with E-state index < -0.39 is 0 Å². The van der Waals surface area contributed by atoms with E-state index in [2.05, 4.69) is 32.2 Å². The van der Waals surface area contributed by atoms with E-state index in [1.165, 1.54) is 38.8 Å².